The third-order valence-electron chi connectivity index (χ3n) is 6.50. The summed E-state index contributed by atoms with van der Waals surface area (Å²) in [5, 5.41) is 31.8. The number of carbonyl (C=O) groups is 2. The van der Waals surface area contributed by atoms with Crippen molar-refractivity contribution in [2.75, 3.05) is 32.7 Å². The highest BCUT2D eigenvalue weighted by Crippen LogP contribution is 2.27. The van der Waals surface area contributed by atoms with E-state index in [0.29, 0.717) is 44.7 Å². The number of phenolic OH excluding ortho intramolecular Hbond substituents is 1. The molecule has 220 valence electrons. The van der Waals surface area contributed by atoms with Crippen LogP contribution in [-0.4, -0.2) is 95.5 Å². The number of phenols is 1. The lowest BCUT2D eigenvalue weighted by molar-refractivity contribution is -0.192. The molecule has 0 saturated carbocycles. The Kier molecular flexibility index (Phi) is 9.28. The predicted octanol–water partition coefficient (Wildman–Crippen LogP) is 3.73. The van der Waals surface area contributed by atoms with Gasteiger partial charge in [0.2, 0.25) is 0 Å². The fraction of sp³-hybridized carbons (Fsp3) is 0.308. The fourth-order valence-corrected chi connectivity index (χ4v) is 4.54. The number of nitrogens with one attached hydrogen (secondary N) is 1. The summed E-state index contributed by atoms with van der Waals surface area (Å²) in [6, 6.07) is 8.57. The lowest BCUT2D eigenvalue weighted by Gasteiger charge is -2.36. The second-order valence-corrected chi connectivity index (χ2v) is 9.66. The van der Waals surface area contributed by atoms with Crippen LogP contribution in [0.3, 0.4) is 0 Å². The molecule has 4 heterocycles. The number of piperazine rings is 1. The molecule has 4 aromatic rings. The molecule has 0 spiro atoms. The Hall–Kier alpha value is -4.68. The van der Waals surface area contributed by atoms with Gasteiger partial charge in [0, 0.05) is 61.6 Å². The van der Waals surface area contributed by atoms with Gasteiger partial charge in [-0.15, -0.1) is 0 Å². The highest BCUT2D eigenvalue weighted by Gasteiger charge is 2.38. The zero-order valence-electron chi connectivity index (χ0n) is 21.8. The van der Waals surface area contributed by atoms with E-state index in [1.807, 2.05) is 23.1 Å². The van der Waals surface area contributed by atoms with Gasteiger partial charge in [-0.1, -0.05) is 11.6 Å². The number of aliphatic carboxylic acids is 1. The van der Waals surface area contributed by atoms with Crippen molar-refractivity contribution in [3.05, 3.63) is 59.8 Å². The number of fused-ring (bicyclic) bond motifs is 1. The number of aromatic amines is 1. The largest absolute Gasteiger partial charge is 0.506 e. The lowest BCUT2D eigenvalue weighted by atomic mass is 10.1. The maximum Gasteiger partial charge on any atom is 0.490 e. The van der Waals surface area contributed by atoms with Gasteiger partial charge in [-0.2, -0.15) is 23.5 Å². The van der Waals surface area contributed by atoms with Crippen molar-refractivity contribution < 1.29 is 33.0 Å². The fourth-order valence-electron chi connectivity index (χ4n) is 4.36. The smallest absolute Gasteiger partial charge is 0.490 e. The molecule has 3 aromatic heterocycles. The van der Waals surface area contributed by atoms with Crippen LogP contribution in [0.15, 0.2) is 49.2 Å². The molecule has 1 saturated heterocycles. The van der Waals surface area contributed by atoms with Crippen LogP contribution in [0.25, 0.3) is 22.3 Å². The van der Waals surface area contributed by atoms with Gasteiger partial charge in [0.25, 0.3) is 5.91 Å². The Morgan fingerprint density at radius 2 is 1.88 bits per heavy atom. The van der Waals surface area contributed by atoms with E-state index in [4.69, 9.17) is 21.5 Å². The maximum absolute atomic E-state index is 12.8. The van der Waals surface area contributed by atoms with Crippen LogP contribution in [0, 0.1) is 11.3 Å². The summed E-state index contributed by atoms with van der Waals surface area (Å²) in [6.45, 7) is 3.14. The van der Waals surface area contributed by atoms with E-state index in [2.05, 4.69) is 31.0 Å². The Labute approximate surface area is 241 Å². The molecule has 3 N–H and O–H groups in total. The van der Waals surface area contributed by atoms with Crippen molar-refractivity contribution in [2.24, 2.45) is 0 Å². The van der Waals surface area contributed by atoms with Gasteiger partial charge in [-0.3, -0.25) is 14.4 Å². The van der Waals surface area contributed by atoms with E-state index in [0.717, 1.165) is 22.3 Å². The Balaban J connectivity index is 0.000000517. The van der Waals surface area contributed by atoms with Crippen LogP contribution in [0.1, 0.15) is 22.8 Å². The number of carboxylic acids is 1. The quantitative estimate of drug-likeness (QED) is 0.297. The molecule has 1 aliphatic heterocycles. The minimum atomic E-state index is -5.08. The zero-order chi connectivity index (χ0) is 30.4. The van der Waals surface area contributed by atoms with Crippen LogP contribution in [0.5, 0.6) is 5.75 Å². The summed E-state index contributed by atoms with van der Waals surface area (Å²) in [6.07, 6.45) is 2.26. The second-order valence-electron chi connectivity index (χ2n) is 9.25. The van der Waals surface area contributed by atoms with E-state index < -0.39 is 12.1 Å². The van der Waals surface area contributed by atoms with Gasteiger partial charge in [0.15, 0.2) is 0 Å². The molecule has 1 unspecified atom stereocenters. The van der Waals surface area contributed by atoms with E-state index in [1.165, 1.54) is 18.5 Å². The molecule has 1 fully saturated rings. The van der Waals surface area contributed by atoms with Crippen molar-refractivity contribution in [1.82, 2.24) is 34.5 Å². The summed E-state index contributed by atoms with van der Waals surface area (Å²) in [7, 11) is 0. The molecule has 16 heteroatoms. The summed E-state index contributed by atoms with van der Waals surface area (Å²) in [5.74, 6) is -2.92. The highest BCUT2D eigenvalue weighted by molar-refractivity contribution is 6.32. The molecule has 0 bridgehead atoms. The first-order chi connectivity index (χ1) is 20.0. The molecule has 12 nitrogen and oxygen atoms in total. The topological polar surface area (TPSA) is 164 Å². The molecular weight excluding hydrogens is 581 g/mol. The number of amides is 1. The number of halogens is 4. The van der Waals surface area contributed by atoms with Crippen molar-refractivity contribution in [2.45, 2.75) is 18.6 Å². The second kappa shape index (κ2) is 12.9. The number of aromatic hydroxyl groups is 1. The molecule has 42 heavy (non-hydrogen) atoms. The standard InChI is InChI=1S/C24H23ClN8O2.C2HF3O2/c25-20-11-16(1-2-21(20)34)24(35)32-9-7-31(8-10-32)14-18(3-5-26)33-13-17(12-30-33)22-19-4-6-27-23(19)29-15-28-22;3-2(4,5)1(6)7/h1-2,4,6,11-13,15,18,34H,3,7-10,14H2,(H,27,28,29);(H,6,7). The average molecular weight is 605 g/mol. The Bertz CT molecular complexity index is 1610. The number of H-pyrrole nitrogens is 1. The molecule has 5 rings (SSSR count). The Morgan fingerprint density at radius 3 is 2.52 bits per heavy atom. The number of hydrogen-bond donors (Lipinski definition) is 3. The number of aromatic nitrogens is 5. The minimum Gasteiger partial charge on any atom is -0.506 e. The molecule has 1 atom stereocenters. The first kappa shape index (κ1) is 30.3. The number of alkyl halides is 3. The number of carbonyl (C=O) groups excluding carboxylic acids is 1. The summed E-state index contributed by atoms with van der Waals surface area (Å²) in [4.78, 5) is 37.5. The first-order valence-corrected chi connectivity index (χ1v) is 12.9. The number of nitrogens with zero attached hydrogens (tertiary/aromatic N) is 7. The third kappa shape index (κ3) is 7.14. The highest BCUT2D eigenvalue weighted by atomic mass is 35.5. The molecule has 1 aromatic carbocycles. The van der Waals surface area contributed by atoms with Crippen molar-refractivity contribution >= 4 is 34.5 Å². The molecular formula is C26H24ClF3N8O4. The molecule has 1 amide bonds. The van der Waals surface area contributed by atoms with Crippen molar-refractivity contribution in [3.8, 4) is 23.1 Å². The van der Waals surface area contributed by atoms with Crippen LogP contribution in [0.4, 0.5) is 13.2 Å². The number of carboxylic acid groups (broad SMARTS) is 1. The monoisotopic (exact) mass is 604 g/mol. The van der Waals surface area contributed by atoms with Gasteiger partial charge < -0.3 is 20.1 Å². The summed E-state index contributed by atoms with van der Waals surface area (Å²) in [5.41, 5.74) is 2.87. The molecule has 0 radical (unpaired) electrons. The van der Waals surface area contributed by atoms with Gasteiger partial charge in [0.05, 0.1) is 35.4 Å². The SMILES string of the molecule is N#CCC(CN1CCN(C(=O)c2ccc(O)c(Cl)c2)CC1)n1cc(-c2ncnc3[nH]ccc23)cn1.O=C(O)C(F)(F)F. The predicted molar refractivity (Wildman–Crippen MR) is 144 cm³/mol. The number of rotatable bonds is 6. The van der Waals surface area contributed by atoms with E-state index in [1.54, 1.807) is 17.2 Å². The van der Waals surface area contributed by atoms with Crippen molar-refractivity contribution in [1.29, 1.82) is 5.26 Å². The van der Waals surface area contributed by atoms with Gasteiger partial charge in [-0.25, -0.2) is 14.8 Å². The first-order valence-electron chi connectivity index (χ1n) is 12.5. The van der Waals surface area contributed by atoms with Gasteiger partial charge in [-0.05, 0) is 24.3 Å². The zero-order valence-corrected chi connectivity index (χ0v) is 22.5. The van der Waals surface area contributed by atoms with E-state index in [9.17, 15) is 28.3 Å². The molecule has 1 aliphatic rings. The van der Waals surface area contributed by atoms with Gasteiger partial charge in [0.1, 0.15) is 17.7 Å². The lowest BCUT2D eigenvalue weighted by Crippen LogP contribution is -2.49. The van der Waals surface area contributed by atoms with Crippen LogP contribution < -0.4 is 0 Å². The average Bonchev–Trinajstić information content (AvgIpc) is 3.64. The van der Waals surface area contributed by atoms with Gasteiger partial charge >= 0.3 is 12.1 Å². The Morgan fingerprint density at radius 1 is 1.17 bits per heavy atom. The van der Waals surface area contributed by atoms with Crippen LogP contribution in [-0.2, 0) is 4.79 Å². The molecule has 0 aliphatic carbocycles. The number of hydrogen-bond acceptors (Lipinski definition) is 8. The minimum absolute atomic E-state index is 0.0458. The number of nitriles is 1. The normalized spacial score (nSPS) is 14.6. The van der Waals surface area contributed by atoms with Crippen LogP contribution >= 0.6 is 11.6 Å². The van der Waals surface area contributed by atoms with Crippen LogP contribution in [0.2, 0.25) is 5.02 Å². The van der Waals surface area contributed by atoms with E-state index >= 15 is 0 Å². The summed E-state index contributed by atoms with van der Waals surface area (Å²) >= 11 is 5.96. The third-order valence-corrected chi connectivity index (χ3v) is 6.80. The van der Waals surface area contributed by atoms with Crippen molar-refractivity contribution in [3.63, 3.8) is 0 Å². The number of benzene rings is 1. The maximum atomic E-state index is 12.8. The summed E-state index contributed by atoms with van der Waals surface area (Å²) < 4.78 is 33.6. The van der Waals surface area contributed by atoms with E-state index in [-0.39, 0.29) is 22.7 Å².